The molecule has 2 aliphatic carbocycles. The van der Waals surface area contributed by atoms with E-state index in [1.807, 2.05) is 0 Å². The highest BCUT2D eigenvalue weighted by atomic mass is 28.4. The zero-order valence-electron chi connectivity index (χ0n) is 13.4. The summed E-state index contributed by atoms with van der Waals surface area (Å²) in [5.74, 6) is 1.36. The molecule has 0 N–H and O–H groups in total. The van der Waals surface area contributed by atoms with Gasteiger partial charge in [-0.2, -0.15) is 0 Å². The third-order valence-electron chi connectivity index (χ3n) is 4.88. The van der Waals surface area contributed by atoms with E-state index in [4.69, 9.17) is 9.16 Å². The normalized spacial score (nSPS) is 25.9. The predicted molar refractivity (Wildman–Crippen MR) is 82.7 cm³/mol. The number of esters is 1. The van der Waals surface area contributed by atoms with Crippen LogP contribution in [0.4, 0.5) is 0 Å². The van der Waals surface area contributed by atoms with Crippen LogP contribution >= 0.6 is 0 Å². The second kappa shape index (κ2) is 5.06. The molecule has 2 atom stereocenters. The number of hydrogen-bond donors (Lipinski definition) is 0. The molecular weight excluding hydrogens is 268 g/mol. The summed E-state index contributed by atoms with van der Waals surface area (Å²) in [7, 11) is -0.469. The Kier molecular flexibility index (Phi) is 3.89. The van der Waals surface area contributed by atoms with Crippen LogP contribution in [0.2, 0.25) is 18.1 Å². The van der Waals surface area contributed by atoms with Gasteiger partial charge in [-0.3, -0.25) is 0 Å². The first-order valence-corrected chi connectivity index (χ1v) is 10.2. The van der Waals surface area contributed by atoms with Crippen LogP contribution in [0.3, 0.4) is 0 Å². The molecule has 0 aromatic heterocycles. The fourth-order valence-corrected chi connectivity index (χ4v) is 3.74. The van der Waals surface area contributed by atoms with Crippen LogP contribution in [0.15, 0.2) is 23.5 Å². The van der Waals surface area contributed by atoms with Gasteiger partial charge in [0.2, 0.25) is 8.32 Å². The van der Waals surface area contributed by atoms with Gasteiger partial charge in [-0.1, -0.05) is 32.9 Å². The number of carbonyl (C=O) groups is 1. The van der Waals surface area contributed by atoms with Crippen molar-refractivity contribution in [1.82, 2.24) is 0 Å². The Morgan fingerprint density at radius 3 is 2.50 bits per heavy atom. The minimum absolute atomic E-state index is 0.130. The second-order valence-corrected chi connectivity index (χ2v) is 12.1. The molecule has 0 aliphatic heterocycles. The van der Waals surface area contributed by atoms with Crippen LogP contribution in [0.5, 0.6) is 0 Å². The van der Waals surface area contributed by atoms with Crippen LogP contribution in [0.25, 0.3) is 0 Å². The summed E-state index contributed by atoms with van der Waals surface area (Å²) in [4.78, 5) is 12.1. The third-order valence-corrected chi connectivity index (χ3v) is 9.25. The van der Waals surface area contributed by atoms with Gasteiger partial charge in [-0.15, -0.1) is 0 Å². The molecule has 0 aromatic rings. The maximum absolute atomic E-state index is 12.1. The van der Waals surface area contributed by atoms with Gasteiger partial charge in [0.05, 0.1) is 18.4 Å². The lowest BCUT2D eigenvalue weighted by Crippen LogP contribution is -2.41. The van der Waals surface area contributed by atoms with Crippen molar-refractivity contribution in [2.45, 2.75) is 51.7 Å². The lowest BCUT2D eigenvalue weighted by Gasteiger charge is -2.39. The van der Waals surface area contributed by atoms with Crippen molar-refractivity contribution in [1.29, 1.82) is 0 Å². The maximum atomic E-state index is 12.1. The highest BCUT2D eigenvalue weighted by Crippen LogP contribution is 2.45. The minimum Gasteiger partial charge on any atom is -0.546 e. The van der Waals surface area contributed by atoms with Gasteiger partial charge in [-0.05, 0) is 30.5 Å². The van der Waals surface area contributed by atoms with Gasteiger partial charge in [-0.25, -0.2) is 4.79 Å². The van der Waals surface area contributed by atoms with E-state index in [1.54, 1.807) is 0 Å². The van der Waals surface area contributed by atoms with E-state index < -0.39 is 8.32 Å². The lowest BCUT2D eigenvalue weighted by atomic mass is 9.86. The molecular formula is C16H26O3Si. The van der Waals surface area contributed by atoms with E-state index in [0.717, 1.165) is 24.2 Å². The molecule has 2 rings (SSSR count). The largest absolute Gasteiger partial charge is 0.546 e. The Morgan fingerprint density at radius 1 is 1.30 bits per heavy atom. The second-order valence-electron chi connectivity index (χ2n) is 7.38. The number of allylic oxidation sites excluding steroid dienone is 3. The molecule has 0 spiro atoms. The molecule has 20 heavy (non-hydrogen) atoms. The van der Waals surface area contributed by atoms with Crippen LogP contribution in [0, 0.1) is 11.8 Å². The topological polar surface area (TPSA) is 35.5 Å². The highest BCUT2D eigenvalue weighted by Gasteiger charge is 2.43. The lowest BCUT2D eigenvalue weighted by molar-refractivity contribution is -0.137. The van der Waals surface area contributed by atoms with Gasteiger partial charge >= 0.3 is 5.97 Å². The Balaban J connectivity index is 2.34. The monoisotopic (exact) mass is 294 g/mol. The van der Waals surface area contributed by atoms with Gasteiger partial charge in [0.25, 0.3) is 0 Å². The smallest absolute Gasteiger partial charge is 0.337 e. The van der Waals surface area contributed by atoms with Crippen molar-refractivity contribution in [2.24, 2.45) is 11.8 Å². The molecule has 0 aromatic carbocycles. The molecule has 3 nitrogen and oxygen atoms in total. The maximum Gasteiger partial charge on any atom is 0.337 e. The van der Waals surface area contributed by atoms with Gasteiger partial charge in [0.15, 0.2) is 0 Å². The summed E-state index contributed by atoms with van der Waals surface area (Å²) in [6.07, 6.45) is 6.22. The van der Waals surface area contributed by atoms with E-state index in [1.165, 1.54) is 7.11 Å². The van der Waals surface area contributed by atoms with E-state index >= 15 is 0 Å². The quantitative estimate of drug-likeness (QED) is 0.448. The zero-order valence-corrected chi connectivity index (χ0v) is 14.4. The fourth-order valence-electron chi connectivity index (χ4n) is 2.63. The summed E-state index contributed by atoms with van der Waals surface area (Å²) >= 11 is 0. The van der Waals surface area contributed by atoms with Crippen molar-refractivity contribution in [3.8, 4) is 0 Å². The molecule has 0 saturated carbocycles. The van der Waals surface area contributed by atoms with Gasteiger partial charge in [0, 0.05) is 12.3 Å². The van der Waals surface area contributed by atoms with Gasteiger partial charge in [0.1, 0.15) is 0 Å². The molecule has 4 heteroatoms. The van der Waals surface area contributed by atoms with Crippen molar-refractivity contribution in [3.05, 3.63) is 23.5 Å². The number of fused-ring (bicyclic) bond motifs is 2. The number of ether oxygens (including phenoxy) is 1. The van der Waals surface area contributed by atoms with Crippen LogP contribution in [-0.4, -0.2) is 21.4 Å². The number of methoxy groups -OCH3 is 1. The first kappa shape index (κ1) is 15.4. The van der Waals surface area contributed by atoms with Crippen LogP contribution in [-0.2, 0) is 14.0 Å². The summed E-state index contributed by atoms with van der Waals surface area (Å²) in [6.45, 7) is 11.1. The zero-order chi connectivity index (χ0) is 15.1. The van der Waals surface area contributed by atoms with E-state index in [0.29, 0.717) is 5.92 Å². The van der Waals surface area contributed by atoms with E-state index in [2.05, 4.69) is 46.0 Å². The molecule has 2 bridgehead atoms. The SMILES string of the molecule is COC(=O)C1=C(O[Si](C)(C)C(C)(C)C)C[C@@H]2C=C[C@H]1C2. The molecule has 0 heterocycles. The Labute approximate surface area is 123 Å². The van der Waals surface area contributed by atoms with Crippen molar-refractivity contribution < 1.29 is 14.0 Å². The van der Waals surface area contributed by atoms with Crippen molar-refractivity contribution in [3.63, 3.8) is 0 Å². The molecule has 0 amide bonds. The molecule has 0 unspecified atom stereocenters. The van der Waals surface area contributed by atoms with E-state index in [-0.39, 0.29) is 16.9 Å². The fraction of sp³-hybridized carbons (Fsp3) is 0.688. The molecule has 0 fully saturated rings. The molecule has 0 radical (unpaired) electrons. The summed E-state index contributed by atoms with van der Waals surface area (Å²) in [5.41, 5.74) is 0.752. The van der Waals surface area contributed by atoms with Crippen LogP contribution in [0.1, 0.15) is 33.6 Å². The van der Waals surface area contributed by atoms with Crippen molar-refractivity contribution >= 4 is 14.3 Å². The first-order valence-electron chi connectivity index (χ1n) is 7.34. The highest BCUT2D eigenvalue weighted by molar-refractivity contribution is 6.74. The summed E-state index contributed by atoms with van der Waals surface area (Å²) < 4.78 is 11.4. The minimum atomic E-state index is -1.92. The Morgan fingerprint density at radius 2 is 1.95 bits per heavy atom. The Hall–Kier alpha value is -1.03. The van der Waals surface area contributed by atoms with Crippen molar-refractivity contribution in [2.75, 3.05) is 7.11 Å². The predicted octanol–water partition coefficient (Wildman–Crippen LogP) is 4.03. The standard InChI is InChI=1S/C16H26O3Si/c1-16(2,3)20(5,6)19-13-10-11-7-8-12(9-11)14(13)15(17)18-4/h7-8,11-12H,9-10H2,1-6H3/t11-,12+/m1/s1. The van der Waals surface area contributed by atoms with Gasteiger partial charge < -0.3 is 9.16 Å². The molecule has 0 saturated heterocycles. The third kappa shape index (κ3) is 2.71. The number of hydrogen-bond acceptors (Lipinski definition) is 3. The molecule has 2 aliphatic rings. The Bertz CT molecular complexity index is 469. The number of rotatable bonds is 3. The summed E-state index contributed by atoms with van der Waals surface area (Å²) in [5, 5.41) is 0.130. The van der Waals surface area contributed by atoms with Crippen LogP contribution < -0.4 is 0 Å². The first-order chi connectivity index (χ1) is 9.15. The molecule has 112 valence electrons. The average Bonchev–Trinajstić information content (AvgIpc) is 2.69. The van der Waals surface area contributed by atoms with E-state index in [9.17, 15) is 4.79 Å². The summed E-state index contributed by atoms with van der Waals surface area (Å²) in [6, 6.07) is 0. The number of carbonyl (C=O) groups excluding carboxylic acids is 1. The average molecular weight is 294 g/mol.